The van der Waals surface area contributed by atoms with Gasteiger partial charge in [0.25, 0.3) is 0 Å². The Bertz CT molecular complexity index is 470. The molecule has 1 heterocycles. The van der Waals surface area contributed by atoms with E-state index in [4.69, 9.17) is 4.74 Å². The lowest BCUT2D eigenvalue weighted by molar-refractivity contribution is 0.318. The third-order valence-electron chi connectivity index (χ3n) is 2.13. The fraction of sp³-hybridized carbons (Fsp3) is 0.250. The SMILES string of the molecule is CCCOc1ccc2nccc(Br)c2c1. The van der Waals surface area contributed by atoms with Crippen molar-refractivity contribution >= 4 is 26.8 Å². The van der Waals surface area contributed by atoms with Gasteiger partial charge >= 0.3 is 0 Å². The molecule has 0 N–H and O–H groups in total. The van der Waals surface area contributed by atoms with Crippen molar-refractivity contribution in [3.05, 3.63) is 34.9 Å². The second-order valence-electron chi connectivity index (χ2n) is 3.32. The summed E-state index contributed by atoms with van der Waals surface area (Å²) in [6.07, 6.45) is 2.81. The lowest BCUT2D eigenvalue weighted by Crippen LogP contribution is -1.94. The number of halogens is 1. The summed E-state index contributed by atoms with van der Waals surface area (Å²) in [5.41, 5.74) is 0.980. The molecule has 78 valence electrons. The molecule has 1 aromatic heterocycles. The monoisotopic (exact) mass is 265 g/mol. The Labute approximate surface area is 97.4 Å². The smallest absolute Gasteiger partial charge is 0.120 e. The van der Waals surface area contributed by atoms with Crippen LogP contribution < -0.4 is 4.74 Å². The van der Waals surface area contributed by atoms with Gasteiger partial charge in [-0.15, -0.1) is 0 Å². The summed E-state index contributed by atoms with van der Waals surface area (Å²) in [6.45, 7) is 2.85. The van der Waals surface area contributed by atoms with Gasteiger partial charge in [-0.2, -0.15) is 0 Å². The number of pyridine rings is 1. The molecule has 0 saturated heterocycles. The summed E-state index contributed by atoms with van der Waals surface area (Å²) < 4.78 is 6.62. The fourth-order valence-corrected chi connectivity index (χ4v) is 1.84. The van der Waals surface area contributed by atoms with Crippen molar-refractivity contribution in [2.24, 2.45) is 0 Å². The number of fused-ring (bicyclic) bond motifs is 1. The van der Waals surface area contributed by atoms with Crippen LogP contribution in [0.25, 0.3) is 10.9 Å². The summed E-state index contributed by atoms with van der Waals surface area (Å²) in [7, 11) is 0. The number of benzene rings is 1. The lowest BCUT2D eigenvalue weighted by atomic mass is 10.2. The van der Waals surface area contributed by atoms with E-state index in [0.29, 0.717) is 0 Å². The van der Waals surface area contributed by atoms with Crippen molar-refractivity contribution < 1.29 is 4.74 Å². The maximum Gasteiger partial charge on any atom is 0.120 e. The third-order valence-corrected chi connectivity index (χ3v) is 2.82. The molecular formula is C12H12BrNO. The minimum absolute atomic E-state index is 0.753. The van der Waals surface area contributed by atoms with Crippen LogP contribution >= 0.6 is 15.9 Å². The molecule has 15 heavy (non-hydrogen) atoms. The van der Waals surface area contributed by atoms with Crippen LogP contribution in [0.3, 0.4) is 0 Å². The molecule has 2 nitrogen and oxygen atoms in total. The van der Waals surface area contributed by atoms with Crippen LogP contribution in [0.5, 0.6) is 5.75 Å². The predicted octanol–water partition coefficient (Wildman–Crippen LogP) is 3.79. The number of hydrogen-bond acceptors (Lipinski definition) is 2. The van der Waals surface area contributed by atoms with E-state index in [2.05, 4.69) is 27.8 Å². The van der Waals surface area contributed by atoms with Crippen molar-refractivity contribution in [1.82, 2.24) is 4.98 Å². The van der Waals surface area contributed by atoms with Crippen LogP contribution in [0.1, 0.15) is 13.3 Å². The first-order valence-corrected chi connectivity index (χ1v) is 5.77. The molecule has 0 atom stereocenters. The molecule has 0 amide bonds. The standard InChI is InChI=1S/C12H12BrNO/c1-2-7-15-9-3-4-12-10(8-9)11(13)5-6-14-12/h3-6,8H,2,7H2,1H3. The van der Waals surface area contributed by atoms with Gasteiger partial charge in [0.2, 0.25) is 0 Å². The maximum absolute atomic E-state index is 5.57. The van der Waals surface area contributed by atoms with Crippen molar-refractivity contribution in [2.45, 2.75) is 13.3 Å². The van der Waals surface area contributed by atoms with E-state index in [9.17, 15) is 0 Å². The van der Waals surface area contributed by atoms with Crippen molar-refractivity contribution in [3.8, 4) is 5.75 Å². The minimum atomic E-state index is 0.753. The number of hydrogen-bond donors (Lipinski definition) is 0. The Morgan fingerprint density at radius 1 is 1.33 bits per heavy atom. The van der Waals surface area contributed by atoms with E-state index in [0.717, 1.165) is 34.2 Å². The van der Waals surface area contributed by atoms with Crippen LogP contribution in [-0.2, 0) is 0 Å². The first-order valence-electron chi connectivity index (χ1n) is 4.98. The molecule has 0 unspecified atom stereocenters. The van der Waals surface area contributed by atoms with Gasteiger partial charge in [-0.1, -0.05) is 22.9 Å². The maximum atomic E-state index is 5.57. The molecule has 0 saturated carbocycles. The molecule has 0 spiro atoms. The van der Waals surface area contributed by atoms with E-state index >= 15 is 0 Å². The highest BCUT2D eigenvalue weighted by Gasteiger charge is 2.01. The second kappa shape index (κ2) is 4.62. The summed E-state index contributed by atoms with van der Waals surface area (Å²) in [6, 6.07) is 7.89. The Kier molecular flexibility index (Phi) is 3.21. The third kappa shape index (κ3) is 2.29. The van der Waals surface area contributed by atoms with Gasteiger partial charge in [0.15, 0.2) is 0 Å². The van der Waals surface area contributed by atoms with Crippen LogP contribution in [0.15, 0.2) is 34.9 Å². The zero-order chi connectivity index (χ0) is 10.7. The molecular weight excluding hydrogens is 254 g/mol. The van der Waals surface area contributed by atoms with Crippen molar-refractivity contribution in [2.75, 3.05) is 6.61 Å². The molecule has 2 aromatic rings. The molecule has 3 heteroatoms. The highest BCUT2D eigenvalue weighted by atomic mass is 79.9. The van der Waals surface area contributed by atoms with Gasteiger partial charge in [0.05, 0.1) is 12.1 Å². The van der Waals surface area contributed by atoms with Gasteiger partial charge in [-0.05, 0) is 30.7 Å². The van der Waals surface area contributed by atoms with E-state index in [1.54, 1.807) is 6.20 Å². The number of aromatic nitrogens is 1. The molecule has 0 fully saturated rings. The van der Waals surface area contributed by atoms with Gasteiger partial charge in [0.1, 0.15) is 5.75 Å². The molecule has 0 bridgehead atoms. The Hall–Kier alpha value is -1.09. The van der Waals surface area contributed by atoms with Gasteiger partial charge < -0.3 is 4.74 Å². The average molecular weight is 266 g/mol. The normalized spacial score (nSPS) is 10.5. The van der Waals surface area contributed by atoms with Crippen molar-refractivity contribution in [3.63, 3.8) is 0 Å². The molecule has 1 aromatic carbocycles. The van der Waals surface area contributed by atoms with Crippen LogP contribution in [0, 0.1) is 0 Å². The predicted molar refractivity (Wildman–Crippen MR) is 65.2 cm³/mol. The highest BCUT2D eigenvalue weighted by Crippen LogP contribution is 2.25. The number of ether oxygens (including phenoxy) is 1. The lowest BCUT2D eigenvalue weighted by Gasteiger charge is -2.06. The average Bonchev–Trinajstić information content (AvgIpc) is 2.27. The molecule has 0 radical (unpaired) electrons. The molecule has 0 aliphatic carbocycles. The van der Waals surface area contributed by atoms with Crippen LogP contribution in [0.4, 0.5) is 0 Å². The number of rotatable bonds is 3. The van der Waals surface area contributed by atoms with Crippen molar-refractivity contribution in [1.29, 1.82) is 0 Å². The summed E-state index contributed by atoms with van der Waals surface area (Å²) in [5.74, 6) is 0.901. The Balaban J connectivity index is 2.41. The van der Waals surface area contributed by atoms with Gasteiger partial charge in [-0.3, -0.25) is 4.98 Å². The summed E-state index contributed by atoms with van der Waals surface area (Å²) >= 11 is 3.50. The second-order valence-corrected chi connectivity index (χ2v) is 4.17. The Morgan fingerprint density at radius 3 is 3.00 bits per heavy atom. The van der Waals surface area contributed by atoms with E-state index in [1.165, 1.54) is 0 Å². The highest BCUT2D eigenvalue weighted by molar-refractivity contribution is 9.10. The molecule has 0 aliphatic rings. The largest absolute Gasteiger partial charge is 0.494 e. The van der Waals surface area contributed by atoms with E-state index < -0.39 is 0 Å². The van der Waals surface area contributed by atoms with Gasteiger partial charge in [0, 0.05) is 16.1 Å². The minimum Gasteiger partial charge on any atom is -0.494 e. The zero-order valence-corrected chi connectivity index (χ0v) is 10.1. The quantitative estimate of drug-likeness (QED) is 0.843. The number of nitrogens with zero attached hydrogens (tertiary/aromatic N) is 1. The van der Waals surface area contributed by atoms with Crippen LogP contribution in [-0.4, -0.2) is 11.6 Å². The fourth-order valence-electron chi connectivity index (χ4n) is 1.40. The first-order chi connectivity index (χ1) is 7.31. The topological polar surface area (TPSA) is 22.1 Å². The van der Waals surface area contributed by atoms with Gasteiger partial charge in [-0.25, -0.2) is 0 Å². The first kappa shape index (κ1) is 10.4. The molecule has 0 aliphatic heterocycles. The molecule has 2 rings (SSSR count). The van der Waals surface area contributed by atoms with E-state index in [-0.39, 0.29) is 0 Å². The summed E-state index contributed by atoms with van der Waals surface area (Å²) in [5, 5.41) is 1.09. The van der Waals surface area contributed by atoms with E-state index in [1.807, 2.05) is 24.3 Å². The summed E-state index contributed by atoms with van der Waals surface area (Å²) in [4.78, 5) is 4.28. The zero-order valence-electron chi connectivity index (χ0n) is 8.53. The van der Waals surface area contributed by atoms with Crippen LogP contribution in [0.2, 0.25) is 0 Å². The Morgan fingerprint density at radius 2 is 2.20 bits per heavy atom.